The Morgan fingerprint density at radius 3 is 2.26 bits per heavy atom. The molecule has 182 valence electrons. The fourth-order valence-electron chi connectivity index (χ4n) is 4.81. The molecule has 0 fully saturated rings. The molecule has 2 aromatic heterocycles. The van der Waals surface area contributed by atoms with Crippen molar-refractivity contribution in [2.24, 2.45) is 14.1 Å². The first-order valence-electron chi connectivity index (χ1n) is 10.9. The van der Waals surface area contributed by atoms with E-state index in [1.165, 1.54) is 25.8 Å². The normalized spacial score (nSPS) is 15.3. The zero-order valence-corrected chi connectivity index (χ0v) is 20.4. The summed E-state index contributed by atoms with van der Waals surface area (Å²) in [6, 6.07) is 10.6. The summed E-state index contributed by atoms with van der Waals surface area (Å²) in [5.41, 5.74) is 2.43. The van der Waals surface area contributed by atoms with Gasteiger partial charge in [-0.3, -0.25) is 13.9 Å². The molecule has 0 radical (unpaired) electrons. The summed E-state index contributed by atoms with van der Waals surface area (Å²) in [5, 5.41) is 11.4. The fourth-order valence-corrected chi connectivity index (χ4v) is 4.93. The van der Waals surface area contributed by atoms with Gasteiger partial charge in [-0.25, -0.2) is 4.79 Å². The monoisotopic (exact) mass is 497 g/mol. The van der Waals surface area contributed by atoms with Gasteiger partial charge < -0.3 is 23.9 Å². The third-order valence-electron chi connectivity index (χ3n) is 6.48. The van der Waals surface area contributed by atoms with Crippen molar-refractivity contribution in [3.63, 3.8) is 0 Å². The first kappa shape index (κ1) is 23.1. The summed E-state index contributed by atoms with van der Waals surface area (Å²) >= 11 is 6.13. The third-order valence-corrected chi connectivity index (χ3v) is 6.73. The molecule has 9 nitrogen and oxygen atoms in total. The summed E-state index contributed by atoms with van der Waals surface area (Å²) in [4.78, 5) is 26.4. The van der Waals surface area contributed by atoms with Crippen molar-refractivity contribution >= 4 is 22.5 Å². The molecule has 0 saturated heterocycles. The molecular weight excluding hydrogens is 474 g/mol. The lowest BCUT2D eigenvalue weighted by atomic mass is 10.0. The molecule has 5 rings (SSSR count). The Bertz CT molecular complexity index is 1560. The van der Waals surface area contributed by atoms with Gasteiger partial charge >= 0.3 is 5.69 Å². The molecule has 0 amide bonds. The van der Waals surface area contributed by atoms with Gasteiger partial charge in [0.05, 0.1) is 43.1 Å². The topological polar surface area (TPSA) is 96.9 Å². The van der Waals surface area contributed by atoms with Crippen LogP contribution >= 0.6 is 11.6 Å². The highest BCUT2D eigenvalue weighted by molar-refractivity contribution is 6.30. The summed E-state index contributed by atoms with van der Waals surface area (Å²) in [6.07, 6.45) is -0.659. The maximum Gasteiger partial charge on any atom is 0.331 e. The Kier molecular flexibility index (Phi) is 5.61. The molecule has 0 saturated carbocycles. The number of halogens is 1. The summed E-state index contributed by atoms with van der Waals surface area (Å²) in [7, 11) is 6.00. The average Bonchev–Trinajstić information content (AvgIpc) is 3.22. The van der Waals surface area contributed by atoms with E-state index >= 15 is 0 Å². The van der Waals surface area contributed by atoms with Crippen LogP contribution < -0.4 is 20.7 Å². The Hall–Kier alpha value is -3.69. The summed E-state index contributed by atoms with van der Waals surface area (Å²) < 4.78 is 21.5. The maximum absolute atomic E-state index is 13.5. The number of hydrogen-bond donors (Lipinski definition) is 1. The molecule has 0 spiro atoms. The standard InChI is InChI=1S/C25H24ClN3O6/c1-27-20-18(24(31)28(2)25(27)32)19(13-5-7-15(26)8-6-13)29-9-10-35-23(21(20)29)14-11-16(33-3)22(30)17(12-14)34-4/h5-8,11-12,23,30H,9-10H2,1-4H3. The second kappa shape index (κ2) is 8.51. The molecule has 1 unspecified atom stereocenters. The van der Waals surface area contributed by atoms with E-state index in [2.05, 4.69) is 0 Å². The summed E-state index contributed by atoms with van der Waals surface area (Å²) in [5.74, 6) is 0.315. The van der Waals surface area contributed by atoms with Crippen molar-refractivity contribution in [1.29, 1.82) is 0 Å². The van der Waals surface area contributed by atoms with Crippen LogP contribution in [0.1, 0.15) is 17.4 Å². The van der Waals surface area contributed by atoms with Crippen LogP contribution in [0.5, 0.6) is 17.2 Å². The predicted molar refractivity (Wildman–Crippen MR) is 132 cm³/mol. The molecule has 3 heterocycles. The number of rotatable bonds is 4. The van der Waals surface area contributed by atoms with E-state index in [9.17, 15) is 14.7 Å². The van der Waals surface area contributed by atoms with Crippen LogP contribution in [0.2, 0.25) is 5.02 Å². The van der Waals surface area contributed by atoms with Gasteiger partial charge in [0.1, 0.15) is 6.10 Å². The second-order valence-electron chi connectivity index (χ2n) is 8.35. The van der Waals surface area contributed by atoms with Crippen LogP contribution in [0.3, 0.4) is 0 Å². The molecule has 2 aromatic carbocycles. The maximum atomic E-state index is 13.5. The molecular formula is C25H24ClN3O6. The number of benzene rings is 2. The zero-order valence-electron chi connectivity index (χ0n) is 19.7. The van der Waals surface area contributed by atoms with Gasteiger partial charge in [-0.05, 0) is 35.4 Å². The number of nitrogens with zero attached hydrogens (tertiary/aromatic N) is 3. The quantitative estimate of drug-likeness (QED) is 0.465. The van der Waals surface area contributed by atoms with E-state index in [0.29, 0.717) is 46.0 Å². The highest BCUT2D eigenvalue weighted by Gasteiger charge is 2.34. The van der Waals surface area contributed by atoms with Crippen LogP contribution in [0, 0.1) is 0 Å². The summed E-state index contributed by atoms with van der Waals surface area (Å²) in [6.45, 7) is 0.835. The Labute approximate surface area is 205 Å². The van der Waals surface area contributed by atoms with E-state index in [4.69, 9.17) is 25.8 Å². The molecule has 1 aliphatic rings. The number of phenols is 1. The van der Waals surface area contributed by atoms with E-state index < -0.39 is 17.4 Å². The van der Waals surface area contributed by atoms with Gasteiger partial charge in [0.25, 0.3) is 5.56 Å². The SMILES string of the molecule is COc1cc(C2OCCn3c(-c4ccc(Cl)cc4)c4c(=O)n(C)c(=O)n(C)c4c32)cc(OC)c1O. The number of methoxy groups -OCH3 is 2. The average molecular weight is 498 g/mol. The number of aryl methyl sites for hydroxylation is 1. The number of fused-ring (bicyclic) bond motifs is 3. The first-order valence-corrected chi connectivity index (χ1v) is 11.3. The Morgan fingerprint density at radius 2 is 1.66 bits per heavy atom. The Morgan fingerprint density at radius 1 is 1.03 bits per heavy atom. The number of hydrogen-bond acceptors (Lipinski definition) is 6. The van der Waals surface area contributed by atoms with Crippen molar-refractivity contribution in [2.45, 2.75) is 12.6 Å². The van der Waals surface area contributed by atoms with Gasteiger partial charge in [0.15, 0.2) is 11.5 Å². The fraction of sp³-hybridized carbons (Fsp3) is 0.280. The number of aromatic hydroxyl groups is 1. The van der Waals surface area contributed by atoms with Crippen molar-refractivity contribution in [3.05, 3.63) is 73.5 Å². The van der Waals surface area contributed by atoms with E-state index in [1.807, 2.05) is 16.7 Å². The van der Waals surface area contributed by atoms with Gasteiger partial charge in [0.2, 0.25) is 5.75 Å². The second-order valence-corrected chi connectivity index (χ2v) is 8.78. The molecule has 1 N–H and O–H groups in total. The van der Waals surface area contributed by atoms with Crippen LogP contribution in [-0.2, 0) is 25.4 Å². The van der Waals surface area contributed by atoms with Crippen LogP contribution in [0.15, 0.2) is 46.0 Å². The molecule has 4 aromatic rings. The third kappa shape index (κ3) is 3.42. The largest absolute Gasteiger partial charge is 0.502 e. The highest BCUT2D eigenvalue weighted by Crippen LogP contribution is 2.45. The molecule has 1 aliphatic heterocycles. The lowest BCUT2D eigenvalue weighted by Gasteiger charge is -2.28. The van der Waals surface area contributed by atoms with Crippen LogP contribution in [-0.4, -0.2) is 39.6 Å². The minimum absolute atomic E-state index is 0.127. The van der Waals surface area contributed by atoms with Gasteiger partial charge in [-0.2, -0.15) is 0 Å². The molecule has 10 heteroatoms. The van der Waals surface area contributed by atoms with Gasteiger partial charge in [-0.15, -0.1) is 0 Å². The number of aromatic nitrogens is 3. The van der Waals surface area contributed by atoms with Crippen molar-refractivity contribution in [3.8, 4) is 28.5 Å². The van der Waals surface area contributed by atoms with E-state index in [1.54, 1.807) is 31.3 Å². The van der Waals surface area contributed by atoms with Crippen molar-refractivity contribution < 1.29 is 19.3 Å². The van der Waals surface area contributed by atoms with Gasteiger partial charge in [-0.1, -0.05) is 23.7 Å². The van der Waals surface area contributed by atoms with Crippen LogP contribution in [0.4, 0.5) is 0 Å². The zero-order chi connectivity index (χ0) is 25.0. The van der Waals surface area contributed by atoms with E-state index in [-0.39, 0.29) is 17.2 Å². The molecule has 35 heavy (non-hydrogen) atoms. The minimum Gasteiger partial charge on any atom is -0.502 e. The van der Waals surface area contributed by atoms with E-state index in [0.717, 1.165) is 10.1 Å². The lowest BCUT2D eigenvalue weighted by molar-refractivity contribution is 0.0475. The molecule has 0 bridgehead atoms. The minimum atomic E-state index is -0.659. The highest BCUT2D eigenvalue weighted by atomic mass is 35.5. The number of phenolic OH excluding ortho intramolecular Hbond substituents is 1. The predicted octanol–water partition coefficient (Wildman–Crippen LogP) is 3.20. The number of ether oxygens (including phenoxy) is 3. The van der Waals surface area contributed by atoms with Crippen LogP contribution in [0.25, 0.3) is 22.2 Å². The van der Waals surface area contributed by atoms with Crippen molar-refractivity contribution in [2.75, 3.05) is 20.8 Å². The Balaban J connectivity index is 1.90. The molecule has 0 aliphatic carbocycles. The smallest absolute Gasteiger partial charge is 0.331 e. The lowest BCUT2D eigenvalue weighted by Crippen LogP contribution is -2.37. The molecule has 1 atom stereocenters. The van der Waals surface area contributed by atoms with Gasteiger partial charge in [0, 0.05) is 25.7 Å². The first-order chi connectivity index (χ1) is 16.8. The van der Waals surface area contributed by atoms with Crippen molar-refractivity contribution in [1.82, 2.24) is 13.7 Å².